The van der Waals surface area contributed by atoms with Crippen LogP contribution in [0, 0.1) is 11.8 Å². The van der Waals surface area contributed by atoms with Gasteiger partial charge in [-0.05, 0) is 24.0 Å². The average molecular weight is 390 g/mol. The van der Waals surface area contributed by atoms with Crippen molar-refractivity contribution in [3.05, 3.63) is 71.8 Å². The SMILES string of the molecule is CC(CO)C(C)CO.O=C(O)C(=O)c1ccccc1.O=C(O)c1ccccc1. The van der Waals surface area contributed by atoms with Crippen molar-refractivity contribution in [1.82, 2.24) is 0 Å². The summed E-state index contributed by atoms with van der Waals surface area (Å²) in [6.07, 6.45) is 0. The van der Waals surface area contributed by atoms with Crippen LogP contribution in [-0.2, 0) is 4.79 Å². The largest absolute Gasteiger partial charge is 0.478 e. The number of aromatic carboxylic acids is 1. The van der Waals surface area contributed by atoms with Crippen LogP contribution in [0.5, 0.6) is 0 Å². The van der Waals surface area contributed by atoms with Crippen LogP contribution in [0.1, 0.15) is 34.6 Å². The molecular formula is C21H26O7. The molecule has 0 amide bonds. The number of Topliss-reactive ketones (excluding diaryl/α,β-unsaturated/α-hetero) is 1. The second-order valence-corrected chi connectivity index (χ2v) is 5.99. The molecule has 2 aromatic carbocycles. The van der Waals surface area contributed by atoms with Crippen molar-refractivity contribution in [1.29, 1.82) is 0 Å². The minimum Gasteiger partial charge on any atom is -0.478 e. The zero-order valence-electron chi connectivity index (χ0n) is 15.9. The second kappa shape index (κ2) is 14.1. The summed E-state index contributed by atoms with van der Waals surface area (Å²) in [4.78, 5) is 31.1. The average Bonchev–Trinajstić information content (AvgIpc) is 2.74. The van der Waals surface area contributed by atoms with Gasteiger partial charge in [0.1, 0.15) is 0 Å². The smallest absolute Gasteiger partial charge is 0.377 e. The van der Waals surface area contributed by atoms with E-state index in [4.69, 9.17) is 20.4 Å². The van der Waals surface area contributed by atoms with E-state index in [2.05, 4.69) is 0 Å². The number of hydrogen-bond acceptors (Lipinski definition) is 5. The Morgan fingerprint density at radius 2 is 1.07 bits per heavy atom. The lowest BCUT2D eigenvalue weighted by atomic mass is 9.98. The van der Waals surface area contributed by atoms with Crippen LogP contribution in [0.15, 0.2) is 60.7 Å². The Bertz CT molecular complexity index is 706. The van der Waals surface area contributed by atoms with Gasteiger partial charge in [-0.1, -0.05) is 62.4 Å². The molecule has 0 radical (unpaired) electrons. The lowest BCUT2D eigenvalue weighted by Crippen LogP contribution is -2.15. The van der Waals surface area contributed by atoms with Gasteiger partial charge in [-0.25, -0.2) is 9.59 Å². The molecule has 2 rings (SSSR count). The van der Waals surface area contributed by atoms with Crippen molar-refractivity contribution in [3.8, 4) is 0 Å². The minimum atomic E-state index is -1.42. The number of rotatable bonds is 6. The fourth-order valence-corrected chi connectivity index (χ4v) is 1.65. The monoisotopic (exact) mass is 390 g/mol. The van der Waals surface area contributed by atoms with Crippen molar-refractivity contribution in [2.45, 2.75) is 13.8 Å². The number of aliphatic carboxylic acids is 1. The maximum atomic E-state index is 10.7. The highest BCUT2D eigenvalue weighted by Crippen LogP contribution is 2.07. The number of carbonyl (C=O) groups excluding carboxylic acids is 1. The summed E-state index contributed by atoms with van der Waals surface area (Å²) in [5, 5.41) is 33.7. The summed E-state index contributed by atoms with van der Waals surface area (Å²) >= 11 is 0. The van der Waals surface area contributed by atoms with Gasteiger partial charge in [-0.3, -0.25) is 4.79 Å². The number of carbonyl (C=O) groups is 3. The number of benzene rings is 2. The van der Waals surface area contributed by atoms with Gasteiger partial charge in [0.15, 0.2) is 0 Å². The van der Waals surface area contributed by atoms with Crippen LogP contribution in [0.2, 0.25) is 0 Å². The number of ketones is 1. The highest BCUT2D eigenvalue weighted by atomic mass is 16.4. The van der Waals surface area contributed by atoms with Gasteiger partial charge in [-0.2, -0.15) is 0 Å². The zero-order chi connectivity index (χ0) is 21.5. The van der Waals surface area contributed by atoms with E-state index in [0.29, 0.717) is 5.56 Å². The third-order valence-corrected chi connectivity index (χ3v) is 3.80. The topological polar surface area (TPSA) is 132 Å². The molecule has 2 atom stereocenters. The molecule has 4 N–H and O–H groups in total. The maximum Gasteiger partial charge on any atom is 0.377 e. The van der Waals surface area contributed by atoms with Crippen LogP contribution < -0.4 is 0 Å². The molecule has 7 nitrogen and oxygen atoms in total. The maximum absolute atomic E-state index is 10.7. The molecule has 2 unspecified atom stereocenters. The summed E-state index contributed by atoms with van der Waals surface area (Å²) in [5.74, 6) is -2.72. The third kappa shape index (κ3) is 10.2. The Kier molecular flexibility index (Phi) is 12.6. The molecule has 28 heavy (non-hydrogen) atoms. The van der Waals surface area contributed by atoms with Gasteiger partial charge in [-0.15, -0.1) is 0 Å². The first kappa shape index (κ1) is 25.0. The Morgan fingerprint density at radius 1 is 0.714 bits per heavy atom. The molecule has 0 saturated heterocycles. The van der Waals surface area contributed by atoms with E-state index in [1.165, 1.54) is 12.1 Å². The van der Waals surface area contributed by atoms with Crippen LogP contribution in [-0.4, -0.2) is 51.4 Å². The van der Waals surface area contributed by atoms with E-state index in [0.717, 1.165) is 0 Å². The molecule has 0 spiro atoms. The van der Waals surface area contributed by atoms with Crippen LogP contribution in [0.3, 0.4) is 0 Å². The molecule has 2 aromatic rings. The van der Waals surface area contributed by atoms with Gasteiger partial charge < -0.3 is 20.4 Å². The van der Waals surface area contributed by atoms with Crippen molar-refractivity contribution in [3.63, 3.8) is 0 Å². The molecule has 0 aromatic heterocycles. The summed E-state index contributed by atoms with van der Waals surface area (Å²) in [5.41, 5.74) is 0.539. The summed E-state index contributed by atoms with van der Waals surface area (Å²) in [6.45, 7) is 4.17. The van der Waals surface area contributed by atoms with E-state index >= 15 is 0 Å². The van der Waals surface area contributed by atoms with Gasteiger partial charge in [0.25, 0.3) is 5.78 Å². The zero-order valence-corrected chi connectivity index (χ0v) is 15.9. The lowest BCUT2D eigenvalue weighted by molar-refractivity contribution is -0.131. The first-order valence-corrected chi connectivity index (χ1v) is 8.57. The molecule has 0 aliphatic rings. The molecular weight excluding hydrogens is 364 g/mol. The molecule has 0 heterocycles. The molecule has 0 aliphatic heterocycles. The van der Waals surface area contributed by atoms with Crippen LogP contribution >= 0.6 is 0 Å². The number of aliphatic hydroxyl groups is 2. The van der Waals surface area contributed by atoms with E-state index in [9.17, 15) is 14.4 Å². The molecule has 0 bridgehead atoms. The third-order valence-electron chi connectivity index (χ3n) is 3.80. The van der Waals surface area contributed by atoms with Crippen molar-refractivity contribution < 1.29 is 34.8 Å². The molecule has 7 heteroatoms. The first-order chi connectivity index (χ1) is 13.2. The van der Waals surface area contributed by atoms with Crippen LogP contribution in [0.25, 0.3) is 0 Å². The predicted molar refractivity (Wildman–Crippen MR) is 104 cm³/mol. The van der Waals surface area contributed by atoms with Gasteiger partial charge in [0.2, 0.25) is 0 Å². The minimum absolute atomic E-state index is 0.168. The van der Waals surface area contributed by atoms with Gasteiger partial charge in [0, 0.05) is 18.8 Å². The fourth-order valence-electron chi connectivity index (χ4n) is 1.65. The van der Waals surface area contributed by atoms with Crippen LogP contribution in [0.4, 0.5) is 0 Å². The fraction of sp³-hybridized carbons (Fsp3) is 0.286. The standard InChI is InChI=1S/C8H6O3.C7H6O2.C6H14O2/c9-7(8(10)11)6-4-2-1-3-5-6;8-7(9)6-4-2-1-3-5-6;1-5(3-7)6(2)4-8/h1-5H,(H,10,11);1-5H,(H,8,9);5-8H,3-4H2,1-2H3. The van der Waals surface area contributed by atoms with E-state index in [-0.39, 0.29) is 30.6 Å². The Morgan fingerprint density at radius 3 is 1.32 bits per heavy atom. The Labute approximate surface area is 163 Å². The predicted octanol–water partition coefficient (Wildman–Crippen LogP) is 2.58. The van der Waals surface area contributed by atoms with E-state index in [1.54, 1.807) is 48.5 Å². The number of carboxylic acids is 2. The molecule has 0 fully saturated rings. The summed E-state index contributed by atoms with van der Waals surface area (Å²) in [6, 6.07) is 16.2. The molecule has 0 aliphatic carbocycles. The Hall–Kier alpha value is -3.03. The summed E-state index contributed by atoms with van der Waals surface area (Å²) in [7, 11) is 0. The Balaban J connectivity index is 0.000000397. The second-order valence-electron chi connectivity index (χ2n) is 5.99. The number of carboxylic acid groups (broad SMARTS) is 2. The molecule has 152 valence electrons. The van der Waals surface area contributed by atoms with E-state index in [1.807, 2.05) is 13.8 Å². The number of hydrogen-bond donors (Lipinski definition) is 4. The number of aliphatic hydroxyl groups excluding tert-OH is 2. The highest BCUT2D eigenvalue weighted by molar-refractivity contribution is 6.39. The summed E-state index contributed by atoms with van der Waals surface area (Å²) < 4.78 is 0. The van der Waals surface area contributed by atoms with Gasteiger partial charge in [0.05, 0.1) is 5.56 Å². The van der Waals surface area contributed by atoms with E-state index < -0.39 is 17.7 Å². The first-order valence-electron chi connectivity index (χ1n) is 8.57. The molecule has 0 saturated carbocycles. The normalized spacial score (nSPS) is 11.6. The quantitative estimate of drug-likeness (QED) is 0.440. The lowest BCUT2D eigenvalue weighted by Gasteiger charge is -2.13. The van der Waals surface area contributed by atoms with Crippen molar-refractivity contribution in [2.75, 3.05) is 13.2 Å². The van der Waals surface area contributed by atoms with Crippen molar-refractivity contribution >= 4 is 17.7 Å². The van der Waals surface area contributed by atoms with Crippen molar-refractivity contribution in [2.24, 2.45) is 11.8 Å². The van der Waals surface area contributed by atoms with Gasteiger partial charge >= 0.3 is 11.9 Å². The highest BCUT2D eigenvalue weighted by Gasteiger charge is 2.12.